The van der Waals surface area contributed by atoms with E-state index in [9.17, 15) is 31.1 Å². The summed E-state index contributed by atoms with van der Waals surface area (Å²) < 4.78 is 87.3. The Morgan fingerprint density at radius 2 is 1.66 bits per heavy atom. The van der Waals surface area contributed by atoms with E-state index < -0.39 is 46.9 Å². The Morgan fingerprint density at radius 3 is 2.23 bits per heavy atom. The van der Waals surface area contributed by atoms with Gasteiger partial charge < -0.3 is 10.1 Å². The molecule has 0 fully saturated rings. The SMILES string of the molecule is CC[C@@H]1OC(C)(C)CCc2c1n(C(=O)Nc1cc(C(F)(F)F)cc(C(F)(F)F)c1)c1ccccc21. The molecule has 188 valence electrons. The number of aromatic nitrogens is 1. The van der Waals surface area contributed by atoms with E-state index in [0.29, 0.717) is 42.6 Å². The monoisotopic (exact) mass is 498 g/mol. The van der Waals surface area contributed by atoms with Gasteiger partial charge in [0.25, 0.3) is 0 Å². The molecule has 0 aliphatic carbocycles. The Kier molecular flexibility index (Phi) is 6.15. The van der Waals surface area contributed by atoms with Gasteiger partial charge in [-0.2, -0.15) is 26.3 Å². The number of hydrogen-bond acceptors (Lipinski definition) is 2. The normalized spacial score (nSPS) is 18.3. The molecule has 1 aliphatic rings. The highest BCUT2D eigenvalue weighted by molar-refractivity contribution is 6.01. The number of rotatable bonds is 2. The van der Waals surface area contributed by atoms with Crippen LogP contribution in [0.3, 0.4) is 0 Å². The zero-order chi connectivity index (χ0) is 25.8. The van der Waals surface area contributed by atoms with Crippen molar-refractivity contribution in [3.8, 4) is 0 Å². The number of ether oxygens (including phenoxy) is 1. The molecule has 0 saturated carbocycles. The summed E-state index contributed by atoms with van der Waals surface area (Å²) in [5.41, 5.74) is -2.16. The van der Waals surface area contributed by atoms with E-state index in [1.165, 1.54) is 4.57 Å². The Morgan fingerprint density at radius 1 is 1.06 bits per heavy atom. The number of benzene rings is 2. The summed E-state index contributed by atoms with van der Waals surface area (Å²) in [5, 5.41) is 3.06. The van der Waals surface area contributed by atoms with Crippen LogP contribution < -0.4 is 5.32 Å². The maximum atomic E-state index is 13.5. The number of aryl methyl sites for hydroxylation is 1. The fraction of sp³-hybridized carbons (Fsp3) is 0.400. The van der Waals surface area contributed by atoms with Gasteiger partial charge in [0.15, 0.2) is 0 Å². The lowest BCUT2D eigenvalue weighted by molar-refractivity contribution is -0.143. The van der Waals surface area contributed by atoms with Gasteiger partial charge in [0.2, 0.25) is 0 Å². The number of carbonyl (C=O) groups excluding carboxylic acids is 1. The number of amides is 1. The van der Waals surface area contributed by atoms with E-state index in [2.05, 4.69) is 5.32 Å². The van der Waals surface area contributed by atoms with Crippen LogP contribution in [0.2, 0.25) is 0 Å². The smallest absolute Gasteiger partial charge is 0.366 e. The highest BCUT2D eigenvalue weighted by Crippen LogP contribution is 2.42. The Balaban J connectivity index is 1.85. The second-order valence-electron chi connectivity index (χ2n) is 9.22. The lowest BCUT2D eigenvalue weighted by atomic mass is 9.98. The molecule has 1 aliphatic heterocycles. The summed E-state index contributed by atoms with van der Waals surface area (Å²) in [6.45, 7) is 5.77. The fourth-order valence-corrected chi connectivity index (χ4v) is 4.56. The number of fused-ring (bicyclic) bond motifs is 3. The van der Waals surface area contributed by atoms with Gasteiger partial charge in [-0.05, 0) is 62.9 Å². The number of anilines is 1. The minimum atomic E-state index is -5.02. The van der Waals surface area contributed by atoms with Crippen molar-refractivity contribution in [1.29, 1.82) is 0 Å². The van der Waals surface area contributed by atoms with Crippen LogP contribution in [0.4, 0.5) is 36.8 Å². The minimum Gasteiger partial charge on any atom is -0.366 e. The molecule has 10 heteroatoms. The van der Waals surface area contributed by atoms with Crippen LogP contribution in [-0.4, -0.2) is 16.2 Å². The molecular formula is C25H24F6N2O2. The first kappa shape index (κ1) is 25.1. The van der Waals surface area contributed by atoms with Crippen LogP contribution in [0.5, 0.6) is 0 Å². The molecule has 0 bridgehead atoms. The van der Waals surface area contributed by atoms with Gasteiger partial charge in [-0.1, -0.05) is 25.1 Å². The van der Waals surface area contributed by atoms with Crippen molar-refractivity contribution in [3.63, 3.8) is 0 Å². The second-order valence-corrected chi connectivity index (χ2v) is 9.22. The zero-order valence-electron chi connectivity index (χ0n) is 19.3. The van der Waals surface area contributed by atoms with Crippen LogP contribution in [0.25, 0.3) is 10.9 Å². The maximum absolute atomic E-state index is 13.5. The van der Waals surface area contributed by atoms with Gasteiger partial charge in [0.1, 0.15) is 0 Å². The molecule has 1 aromatic heterocycles. The standard InChI is InChI=1S/C25H24F6N2O2/c1-4-20-21-18(9-10-23(2,3)35-20)17-7-5-6-8-19(17)33(21)22(34)32-16-12-14(24(26,27)28)11-15(13-16)25(29,30)31/h5-8,11-13,20H,4,9-10H2,1-3H3,(H,32,34)/t20-/m0/s1. The zero-order valence-corrected chi connectivity index (χ0v) is 19.3. The van der Waals surface area contributed by atoms with Gasteiger partial charge in [-0.3, -0.25) is 4.57 Å². The molecule has 2 aromatic carbocycles. The molecule has 1 atom stereocenters. The number of nitrogens with one attached hydrogen (secondary N) is 1. The molecule has 2 heterocycles. The molecular weight excluding hydrogens is 474 g/mol. The first-order valence-electron chi connectivity index (χ1n) is 11.1. The van der Waals surface area contributed by atoms with Crippen LogP contribution in [0, 0.1) is 0 Å². The van der Waals surface area contributed by atoms with E-state index in [-0.39, 0.29) is 6.07 Å². The number of carbonyl (C=O) groups is 1. The van der Waals surface area contributed by atoms with Gasteiger partial charge in [0.05, 0.1) is 34.0 Å². The topological polar surface area (TPSA) is 43.3 Å². The van der Waals surface area contributed by atoms with Crippen molar-refractivity contribution >= 4 is 22.6 Å². The van der Waals surface area contributed by atoms with Crippen molar-refractivity contribution in [3.05, 3.63) is 64.8 Å². The number of hydrogen-bond donors (Lipinski definition) is 1. The Bertz CT molecular complexity index is 1240. The minimum absolute atomic E-state index is 0.0236. The van der Waals surface area contributed by atoms with Crippen LogP contribution in [0.1, 0.15) is 62.1 Å². The van der Waals surface area contributed by atoms with E-state index in [4.69, 9.17) is 4.74 Å². The third-order valence-corrected chi connectivity index (χ3v) is 6.18. The van der Waals surface area contributed by atoms with E-state index in [1.54, 1.807) is 12.1 Å². The lowest BCUT2D eigenvalue weighted by Gasteiger charge is -2.28. The molecule has 0 unspecified atom stereocenters. The molecule has 0 spiro atoms. The summed E-state index contributed by atoms with van der Waals surface area (Å²) in [6.07, 6.45) is -8.75. The van der Waals surface area contributed by atoms with Crippen molar-refractivity contribution in [2.45, 2.75) is 64.1 Å². The summed E-state index contributed by atoms with van der Waals surface area (Å²) in [6, 6.07) is 7.20. The highest BCUT2D eigenvalue weighted by atomic mass is 19.4. The summed E-state index contributed by atoms with van der Waals surface area (Å²) >= 11 is 0. The molecule has 3 aromatic rings. The van der Waals surface area contributed by atoms with Gasteiger partial charge in [-0.25, -0.2) is 4.79 Å². The van der Waals surface area contributed by atoms with Crippen molar-refractivity contribution < 1.29 is 35.9 Å². The Hall–Kier alpha value is -3.01. The van der Waals surface area contributed by atoms with Gasteiger partial charge in [-0.15, -0.1) is 0 Å². The average molecular weight is 498 g/mol. The largest absolute Gasteiger partial charge is 0.416 e. The van der Waals surface area contributed by atoms with Crippen molar-refractivity contribution in [2.75, 3.05) is 5.32 Å². The third kappa shape index (κ3) is 4.89. The Labute approximate surface area is 197 Å². The quantitative estimate of drug-likeness (QED) is 0.365. The summed E-state index contributed by atoms with van der Waals surface area (Å²) in [5.74, 6) is 0. The van der Waals surface area contributed by atoms with Crippen molar-refractivity contribution in [2.24, 2.45) is 0 Å². The van der Waals surface area contributed by atoms with E-state index in [0.717, 1.165) is 10.9 Å². The maximum Gasteiger partial charge on any atom is 0.416 e. The molecule has 0 saturated heterocycles. The molecule has 4 nitrogen and oxygen atoms in total. The van der Waals surface area contributed by atoms with Gasteiger partial charge >= 0.3 is 18.4 Å². The molecule has 35 heavy (non-hydrogen) atoms. The first-order valence-corrected chi connectivity index (χ1v) is 11.1. The molecule has 1 amide bonds. The van der Waals surface area contributed by atoms with Gasteiger partial charge in [0, 0.05) is 11.1 Å². The van der Waals surface area contributed by atoms with E-state index in [1.807, 2.05) is 32.9 Å². The summed E-state index contributed by atoms with van der Waals surface area (Å²) in [7, 11) is 0. The average Bonchev–Trinajstić information content (AvgIpc) is 3.02. The molecule has 4 rings (SSSR count). The van der Waals surface area contributed by atoms with Crippen molar-refractivity contribution in [1.82, 2.24) is 4.57 Å². The highest BCUT2D eigenvalue weighted by Gasteiger charge is 2.38. The predicted molar refractivity (Wildman–Crippen MR) is 119 cm³/mol. The number of para-hydroxylation sites is 1. The molecule has 1 N–H and O–H groups in total. The second kappa shape index (κ2) is 8.58. The van der Waals surface area contributed by atoms with Crippen LogP contribution >= 0.6 is 0 Å². The van der Waals surface area contributed by atoms with Crippen LogP contribution in [0.15, 0.2) is 42.5 Å². The number of alkyl halides is 6. The first-order chi connectivity index (χ1) is 16.2. The van der Waals surface area contributed by atoms with Crippen LogP contribution in [-0.2, 0) is 23.5 Å². The third-order valence-electron chi connectivity index (χ3n) is 6.18. The predicted octanol–water partition coefficient (Wildman–Crippen LogP) is 7.95. The molecule has 0 radical (unpaired) electrons. The fourth-order valence-electron chi connectivity index (χ4n) is 4.56. The number of nitrogens with zero attached hydrogens (tertiary/aromatic N) is 1. The number of halogens is 6. The lowest BCUT2D eigenvalue weighted by Crippen LogP contribution is -2.28. The van der Waals surface area contributed by atoms with E-state index >= 15 is 0 Å². The summed E-state index contributed by atoms with van der Waals surface area (Å²) in [4.78, 5) is 13.5.